The highest BCUT2D eigenvalue weighted by atomic mass is 35.5. The minimum atomic E-state index is -0.490. The number of amides is 1. The van der Waals surface area contributed by atoms with Crippen molar-refractivity contribution in [2.45, 2.75) is 46.1 Å². The molecule has 4 heteroatoms. The zero-order valence-electron chi connectivity index (χ0n) is 12.7. The highest BCUT2D eigenvalue weighted by molar-refractivity contribution is 6.31. The van der Waals surface area contributed by atoms with Gasteiger partial charge in [0.05, 0.1) is 5.56 Å². The molecule has 2 nitrogen and oxygen atoms in total. The van der Waals surface area contributed by atoms with Gasteiger partial charge in [0.15, 0.2) is 0 Å². The zero-order valence-corrected chi connectivity index (χ0v) is 13.5. The molecule has 1 aromatic rings. The van der Waals surface area contributed by atoms with Gasteiger partial charge in [-0.15, -0.1) is 0 Å². The van der Waals surface area contributed by atoms with Crippen molar-refractivity contribution in [2.75, 3.05) is 6.54 Å². The molecule has 1 amide bonds. The van der Waals surface area contributed by atoms with Gasteiger partial charge in [-0.1, -0.05) is 32.4 Å². The van der Waals surface area contributed by atoms with Crippen LogP contribution in [0.4, 0.5) is 4.39 Å². The van der Waals surface area contributed by atoms with E-state index in [1.165, 1.54) is 18.2 Å². The minimum Gasteiger partial charge on any atom is -0.335 e. The highest BCUT2D eigenvalue weighted by Crippen LogP contribution is 2.52. The smallest absolute Gasteiger partial charge is 0.257 e. The van der Waals surface area contributed by atoms with E-state index < -0.39 is 5.82 Å². The molecular formula is C17H21ClFNO. The predicted octanol–water partition coefficient (Wildman–Crippen LogP) is 4.52. The molecule has 1 aromatic carbocycles. The Bertz CT molecular complexity index is 600. The largest absolute Gasteiger partial charge is 0.335 e. The van der Waals surface area contributed by atoms with Crippen molar-refractivity contribution in [1.82, 2.24) is 4.90 Å². The number of hydrogen-bond acceptors (Lipinski definition) is 1. The van der Waals surface area contributed by atoms with Crippen molar-refractivity contribution in [3.8, 4) is 0 Å². The molecule has 1 saturated heterocycles. The Hall–Kier alpha value is -1.09. The second-order valence-electron chi connectivity index (χ2n) is 7.77. The summed E-state index contributed by atoms with van der Waals surface area (Å²) in [6.45, 7) is 7.46. The number of likely N-dealkylation sites (tertiary alicyclic amines) is 1. The first-order chi connectivity index (χ1) is 9.69. The van der Waals surface area contributed by atoms with Crippen molar-refractivity contribution < 1.29 is 9.18 Å². The summed E-state index contributed by atoms with van der Waals surface area (Å²) < 4.78 is 14.0. The number of halogens is 2. The first-order valence-corrected chi connectivity index (χ1v) is 7.83. The van der Waals surface area contributed by atoms with E-state index >= 15 is 0 Å². The van der Waals surface area contributed by atoms with E-state index in [4.69, 9.17) is 11.6 Å². The number of fused-ring (bicyclic) bond motifs is 2. The summed E-state index contributed by atoms with van der Waals surface area (Å²) in [6.07, 6.45) is 3.11. The van der Waals surface area contributed by atoms with Crippen molar-refractivity contribution in [2.24, 2.45) is 10.8 Å². The lowest BCUT2D eigenvalue weighted by molar-refractivity contribution is 0.0703. The van der Waals surface area contributed by atoms with E-state index in [1.54, 1.807) is 0 Å². The number of rotatable bonds is 1. The van der Waals surface area contributed by atoms with Gasteiger partial charge >= 0.3 is 0 Å². The molecule has 2 unspecified atom stereocenters. The molecule has 1 aliphatic carbocycles. The van der Waals surface area contributed by atoms with Crippen LogP contribution in [0, 0.1) is 16.6 Å². The van der Waals surface area contributed by atoms with Gasteiger partial charge in [0.1, 0.15) is 5.82 Å². The van der Waals surface area contributed by atoms with Gasteiger partial charge in [-0.3, -0.25) is 4.79 Å². The first kappa shape index (κ1) is 14.8. The van der Waals surface area contributed by atoms with Gasteiger partial charge in [-0.05, 0) is 48.3 Å². The zero-order chi connectivity index (χ0) is 15.4. The topological polar surface area (TPSA) is 20.3 Å². The molecule has 2 atom stereocenters. The van der Waals surface area contributed by atoms with Crippen LogP contribution in [0.15, 0.2) is 18.2 Å². The van der Waals surface area contributed by atoms with Crippen LogP contribution in [-0.2, 0) is 0 Å². The van der Waals surface area contributed by atoms with E-state index in [-0.39, 0.29) is 28.3 Å². The van der Waals surface area contributed by atoms with Crippen molar-refractivity contribution in [3.05, 3.63) is 34.6 Å². The summed E-state index contributed by atoms with van der Waals surface area (Å²) in [7, 11) is 0. The van der Waals surface area contributed by atoms with Gasteiger partial charge in [-0.2, -0.15) is 0 Å². The molecule has 0 radical (unpaired) electrons. The van der Waals surface area contributed by atoms with Gasteiger partial charge in [-0.25, -0.2) is 4.39 Å². The third kappa shape index (κ3) is 2.68. The monoisotopic (exact) mass is 309 g/mol. The van der Waals surface area contributed by atoms with Gasteiger partial charge in [0.2, 0.25) is 0 Å². The maximum atomic E-state index is 14.0. The second kappa shape index (κ2) is 4.70. The number of carbonyl (C=O) groups excluding carboxylic acids is 1. The fourth-order valence-corrected chi connectivity index (χ4v) is 4.69. The SMILES string of the molecule is CC1(C)CC2CC(C)(CN2C(=O)c2cc(Cl)ccc2F)C1. The summed E-state index contributed by atoms with van der Waals surface area (Å²) in [5, 5.41) is 0.397. The van der Waals surface area contributed by atoms with Crippen LogP contribution < -0.4 is 0 Å². The van der Waals surface area contributed by atoms with Gasteiger partial charge in [0.25, 0.3) is 5.91 Å². The molecule has 2 bridgehead atoms. The van der Waals surface area contributed by atoms with Gasteiger partial charge in [0, 0.05) is 17.6 Å². The van der Waals surface area contributed by atoms with Crippen molar-refractivity contribution >= 4 is 17.5 Å². The van der Waals surface area contributed by atoms with Crippen LogP contribution in [-0.4, -0.2) is 23.4 Å². The van der Waals surface area contributed by atoms with Gasteiger partial charge < -0.3 is 4.90 Å². The molecule has 0 aromatic heterocycles. The number of carbonyl (C=O) groups is 1. The maximum absolute atomic E-state index is 14.0. The van der Waals surface area contributed by atoms with Crippen LogP contribution in [0.1, 0.15) is 50.4 Å². The molecular weight excluding hydrogens is 289 g/mol. The predicted molar refractivity (Wildman–Crippen MR) is 82.0 cm³/mol. The Balaban J connectivity index is 1.91. The highest BCUT2D eigenvalue weighted by Gasteiger charge is 2.51. The average Bonchev–Trinajstić information content (AvgIpc) is 2.61. The molecule has 1 aliphatic heterocycles. The average molecular weight is 310 g/mol. The van der Waals surface area contributed by atoms with Crippen LogP contribution in [0.2, 0.25) is 5.02 Å². The van der Waals surface area contributed by atoms with Crippen LogP contribution in [0.3, 0.4) is 0 Å². The standard InChI is InChI=1S/C17H21ClFNO/c1-16(2)7-12-8-17(3,9-16)10-20(12)15(21)13-6-11(18)4-5-14(13)19/h4-6,12H,7-10H2,1-3H3. The minimum absolute atomic E-state index is 0.0939. The number of hydrogen-bond donors (Lipinski definition) is 0. The fraction of sp³-hybridized carbons (Fsp3) is 0.588. The number of benzene rings is 1. The van der Waals surface area contributed by atoms with E-state index in [2.05, 4.69) is 20.8 Å². The first-order valence-electron chi connectivity index (χ1n) is 7.45. The molecule has 2 aliphatic rings. The maximum Gasteiger partial charge on any atom is 0.257 e. The molecule has 1 heterocycles. The molecule has 3 rings (SSSR count). The third-order valence-corrected chi connectivity index (χ3v) is 5.07. The van der Waals surface area contributed by atoms with Crippen molar-refractivity contribution in [3.63, 3.8) is 0 Å². The quantitative estimate of drug-likeness (QED) is 0.747. The Morgan fingerprint density at radius 3 is 2.76 bits per heavy atom. The summed E-state index contributed by atoms with van der Waals surface area (Å²) in [5.74, 6) is -0.711. The van der Waals surface area contributed by atoms with E-state index in [9.17, 15) is 9.18 Å². The van der Waals surface area contributed by atoms with Crippen molar-refractivity contribution in [1.29, 1.82) is 0 Å². The lowest BCUT2D eigenvalue weighted by atomic mass is 9.65. The molecule has 1 saturated carbocycles. The van der Waals surface area contributed by atoms with E-state index in [0.717, 1.165) is 19.3 Å². The molecule has 114 valence electrons. The normalized spacial score (nSPS) is 30.5. The van der Waals surface area contributed by atoms with Crippen LogP contribution in [0.5, 0.6) is 0 Å². The Morgan fingerprint density at radius 2 is 2.05 bits per heavy atom. The summed E-state index contributed by atoms with van der Waals surface area (Å²) in [4.78, 5) is 14.6. The summed E-state index contributed by atoms with van der Waals surface area (Å²) in [5.41, 5.74) is 0.480. The fourth-order valence-electron chi connectivity index (χ4n) is 4.51. The summed E-state index contributed by atoms with van der Waals surface area (Å²) >= 11 is 5.91. The van der Waals surface area contributed by atoms with Crippen LogP contribution in [0.25, 0.3) is 0 Å². The molecule has 21 heavy (non-hydrogen) atoms. The van der Waals surface area contributed by atoms with E-state index in [1.807, 2.05) is 4.90 Å². The molecule has 0 spiro atoms. The summed E-state index contributed by atoms with van der Waals surface area (Å²) in [6, 6.07) is 4.39. The number of nitrogens with zero attached hydrogens (tertiary/aromatic N) is 1. The second-order valence-corrected chi connectivity index (χ2v) is 8.21. The molecule has 0 N–H and O–H groups in total. The third-order valence-electron chi connectivity index (χ3n) is 4.83. The molecule has 2 fully saturated rings. The lowest BCUT2D eigenvalue weighted by Crippen LogP contribution is -2.38. The Morgan fingerprint density at radius 1 is 1.33 bits per heavy atom. The van der Waals surface area contributed by atoms with Crippen LogP contribution >= 0.6 is 11.6 Å². The Labute approximate surface area is 130 Å². The Kier molecular flexibility index (Phi) is 3.32. The lowest BCUT2D eigenvalue weighted by Gasteiger charge is -2.39. The van der Waals surface area contributed by atoms with E-state index in [0.29, 0.717) is 11.6 Å².